The molecule has 22 heavy (non-hydrogen) atoms. The summed E-state index contributed by atoms with van der Waals surface area (Å²) in [6.07, 6.45) is 2.75. The van der Waals surface area contributed by atoms with E-state index in [-0.39, 0.29) is 0 Å². The molecule has 0 spiro atoms. The number of benzene rings is 1. The third-order valence-corrected chi connectivity index (χ3v) is 7.63. The minimum absolute atomic E-state index is 0.330. The molecule has 124 valence electrons. The summed E-state index contributed by atoms with van der Waals surface area (Å²) in [5.41, 5.74) is 3.64. The van der Waals surface area contributed by atoms with Gasteiger partial charge in [-0.3, -0.25) is 4.79 Å². The van der Waals surface area contributed by atoms with Gasteiger partial charge in [0.15, 0.2) is 5.78 Å². The van der Waals surface area contributed by atoms with Crippen LogP contribution in [0, 0.1) is 0 Å². The molecule has 0 atom stereocenters. The van der Waals surface area contributed by atoms with E-state index in [0.29, 0.717) is 12.2 Å². The van der Waals surface area contributed by atoms with Gasteiger partial charge in [0.05, 0.1) is 0 Å². The fraction of sp³-hybridized carbons (Fsp3) is 0.632. The van der Waals surface area contributed by atoms with Gasteiger partial charge < -0.3 is 0 Å². The molecule has 0 unspecified atom stereocenters. The van der Waals surface area contributed by atoms with Crippen molar-refractivity contribution in [2.24, 2.45) is 0 Å². The second kappa shape index (κ2) is 7.73. The molecule has 0 aromatic heterocycles. The molecule has 0 saturated carbocycles. The molecule has 0 aliphatic carbocycles. The number of rotatable bonds is 8. The lowest BCUT2D eigenvalue weighted by atomic mass is 9.93. The number of Topliss-reactive ketones (excluding diaryl/α,β-unsaturated/α-hetero) is 1. The van der Waals surface area contributed by atoms with Gasteiger partial charge in [0.1, 0.15) is 0 Å². The van der Waals surface area contributed by atoms with Crippen molar-refractivity contribution in [1.29, 1.82) is 0 Å². The summed E-state index contributed by atoms with van der Waals surface area (Å²) < 4.78 is 0. The highest BCUT2D eigenvalue weighted by Gasteiger charge is 2.20. The monoisotopic (exact) mass is 334 g/mol. The molecule has 0 bridgehead atoms. The molecule has 0 aliphatic rings. The van der Waals surface area contributed by atoms with E-state index in [2.05, 4.69) is 57.5 Å². The number of hydrogen-bond donors (Lipinski definition) is 0. The minimum atomic E-state index is -1.08. The van der Waals surface area contributed by atoms with Crippen LogP contribution in [0.4, 0.5) is 0 Å². The maximum atomic E-state index is 12.5. The van der Waals surface area contributed by atoms with Gasteiger partial charge in [-0.1, -0.05) is 76.5 Å². The molecular weight excluding hydrogens is 300 g/mol. The zero-order chi connectivity index (χ0) is 17.0. The SMILES string of the molecule is CCC(=O)c1c(CC[Si](C)(C)C)cccc1CC[Si](C)(C)C. The highest BCUT2D eigenvalue weighted by molar-refractivity contribution is 6.76. The van der Waals surface area contributed by atoms with Crippen LogP contribution in [0.2, 0.25) is 51.4 Å². The van der Waals surface area contributed by atoms with E-state index in [1.165, 1.54) is 23.2 Å². The number of carbonyl (C=O) groups is 1. The van der Waals surface area contributed by atoms with E-state index in [0.717, 1.165) is 18.4 Å². The van der Waals surface area contributed by atoms with Crippen LogP contribution in [-0.2, 0) is 12.8 Å². The minimum Gasteiger partial charge on any atom is -0.294 e. The van der Waals surface area contributed by atoms with Crippen molar-refractivity contribution in [2.45, 2.75) is 77.6 Å². The Hall–Kier alpha value is -0.676. The fourth-order valence-corrected chi connectivity index (χ4v) is 4.66. The molecule has 1 aromatic rings. The predicted molar refractivity (Wildman–Crippen MR) is 105 cm³/mol. The Labute approximate surface area is 139 Å². The van der Waals surface area contributed by atoms with Gasteiger partial charge in [0.25, 0.3) is 0 Å². The number of aryl methyl sites for hydroxylation is 2. The van der Waals surface area contributed by atoms with Crippen molar-refractivity contribution in [2.75, 3.05) is 0 Å². The molecule has 0 saturated heterocycles. The Morgan fingerprint density at radius 2 is 1.27 bits per heavy atom. The van der Waals surface area contributed by atoms with Crippen LogP contribution >= 0.6 is 0 Å². The van der Waals surface area contributed by atoms with Crippen LogP contribution in [0.5, 0.6) is 0 Å². The number of ketones is 1. The molecule has 0 fully saturated rings. The lowest BCUT2D eigenvalue weighted by Crippen LogP contribution is -2.22. The maximum Gasteiger partial charge on any atom is 0.163 e. The first kappa shape index (κ1) is 19.4. The van der Waals surface area contributed by atoms with Crippen LogP contribution in [0.15, 0.2) is 18.2 Å². The van der Waals surface area contributed by atoms with Crippen LogP contribution in [0.25, 0.3) is 0 Å². The molecule has 0 heterocycles. The number of hydrogen-bond acceptors (Lipinski definition) is 1. The van der Waals surface area contributed by atoms with Gasteiger partial charge in [0, 0.05) is 28.1 Å². The third-order valence-electron chi connectivity index (χ3n) is 4.13. The van der Waals surface area contributed by atoms with Gasteiger partial charge >= 0.3 is 0 Å². The Bertz CT molecular complexity index is 471. The van der Waals surface area contributed by atoms with Gasteiger partial charge in [-0.05, 0) is 24.0 Å². The van der Waals surface area contributed by atoms with Crippen LogP contribution < -0.4 is 0 Å². The van der Waals surface area contributed by atoms with Crippen molar-refractivity contribution < 1.29 is 4.79 Å². The van der Waals surface area contributed by atoms with Crippen molar-refractivity contribution in [1.82, 2.24) is 0 Å². The van der Waals surface area contributed by atoms with Crippen molar-refractivity contribution in [3.05, 3.63) is 34.9 Å². The van der Waals surface area contributed by atoms with E-state index in [1.54, 1.807) is 0 Å². The largest absolute Gasteiger partial charge is 0.294 e. The highest BCUT2D eigenvalue weighted by atomic mass is 28.3. The molecule has 0 amide bonds. The first-order valence-electron chi connectivity index (χ1n) is 8.67. The van der Waals surface area contributed by atoms with E-state index < -0.39 is 16.1 Å². The second-order valence-electron chi connectivity index (χ2n) is 8.85. The van der Waals surface area contributed by atoms with Gasteiger partial charge in [0.2, 0.25) is 0 Å². The summed E-state index contributed by atoms with van der Waals surface area (Å²) >= 11 is 0. The standard InChI is InChI=1S/C19H34OSi2/c1-8-18(20)19-16(12-14-21(2,3)4)10-9-11-17(19)13-15-22(5,6)7/h9-11H,8,12-15H2,1-7H3. The molecule has 3 heteroatoms. The first-order valence-corrected chi connectivity index (χ1v) is 16.1. The Balaban J connectivity index is 3.08. The quantitative estimate of drug-likeness (QED) is 0.418. The average Bonchev–Trinajstić information content (AvgIpc) is 2.40. The average molecular weight is 335 g/mol. The summed E-state index contributed by atoms with van der Waals surface area (Å²) in [4.78, 5) is 12.5. The molecule has 1 aromatic carbocycles. The zero-order valence-corrected chi connectivity index (χ0v) is 17.7. The summed E-state index contributed by atoms with van der Waals surface area (Å²) in [7, 11) is -2.16. The maximum absolute atomic E-state index is 12.5. The lowest BCUT2D eigenvalue weighted by molar-refractivity contribution is 0.0986. The third kappa shape index (κ3) is 6.61. The lowest BCUT2D eigenvalue weighted by Gasteiger charge is -2.20. The van der Waals surface area contributed by atoms with Gasteiger partial charge in [-0.25, -0.2) is 0 Å². The zero-order valence-electron chi connectivity index (χ0n) is 15.7. The fourth-order valence-electron chi connectivity index (χ4n) is 2.62. The number of carbonyl (C=O) groups excluding carboxylic acids is 1. The Kier molecular flexibility index (Phi) is 6.81. The molecular formula is C19H34OSi2. The van der Waals surface area contributed by atoms with Crippen LogP contribution in [0.1, 0.15) is 34.8 Å². The molecule has 1 nitrogen and oxygen atoms in total. The summed E-state index contributed by atoms with van der Waals surface area (Å²) in [6, 6.07) is 9.04. The topological polar surface area (TPSA) is 17.1 Å². The first-order chi connectivity index (χ1) is 10.0. The van der Waals surface area contributed by atoms with Crippen molar-refractivity contribution in [3.8, 4) is 0 Å². The Morgan fingerprint density at radius 1 is 0.864 bits per heavy atom. The van der Waals surface area contributed by atoms with E-state index in [9.17, 15) is 4.79 Å². The predicted octanol–water partition coefficient (Wildman–Crippen LogP) is 6.04. The smallest absolute Gasteiger partial charge is 0.163 e. The summed E-state index contributed by atoms with van der Waals surface area (Å²) in [5, 5.41) is 0. The molecule has 0 N–H and O–H groups in total. The van der Waals surface area contributed by atoms with Crippen LogP contribution in [0.3, 0.4) is 0 Å². The van der Waals surface area contributed by atoms with Crippen molar-refractivity contribution in [3.63, 3.8) is 0 Å². The van der Waals surface area contributed by atoms with Gasteiger partial charge in [-0.15, -0.1) is 0 Å². The Morgan fingerprint density at radius 3 is 1.59 bits per heavy atom. The second-order valence-corrected chi connectivity index (χ2v) is 20.1. The van der Waals surface area contributed by atoms with E-state index in [1.807, 2.05) is 6.92 Å². The highest BCUT2D eigenvalue weighted by Crippen LogP contribution is 2.24. The summed E-state index contributed by atoms with van der Waals surface area (Å²) in [6.45, 7) is 16.4. The molecule has 0 radical (unpaired) electrons. The summed E-state index contributed by atoms with van der Waals surface area (Å²) in [5.74, 6) is 0.330. The van der Waals surface area contributed by atoms with E-state index >= 15 is 0 Å². The van der Waals surface area contributed by atoms with Crippen LogP contribution in [-0.4, -0.2) is 21.9 Å². The van der Waals surface area contributed by atoms with Crippen molar-refractivity contribution >= 4 is 21.9 Å². The van der Waals surface area contributed by atoms with E-state index in [4.69, 9.17) is 0 Å². The normalized spacial score (nSPS) is 12.5. The molecule has 1 rings (SSSR count). The van der Waals surface area contributed by atoms with Gasteiger partial charge in [-0.2, -0.15) is 0 Å². The molecule has 0 aliphatic heterocycles.